The smallest absolute Gasteiger partial charge is 0.247 e. The Labute approximate surface area is 169 Å². The summed E-state index contributed by atoms with van der Waals surface area (Å²) in [6.07, 6.45) is 5.37. The number of hydrogen-bond acceptors (Lipinski definition) is 4. The zero-order chi connectivity index (χ0) is 20.4. The Morgan fingerprint density at radius 2 is 1.97 bits per heavy atom. The molecule has 0 spiro atoms. The third-order valence-corrected chi connectivity index (χ3v) is 4.61. The second-order valence-electron chi connectivity index (χ2n) is 7.06. The molecule has 0 aliphatic carbocycles. The van der Waals surface area contributed by atoms with E-state index in [4.69, 9.17) is 0 Å². The van der Waals surface area contributed by atoms with Gasteiger partial charge in [0.15, 0.2) is 5.82 Å². The van der Waals surface area contributed by atoms with Gasteiger partial charge in [0.25, 0.3) is 0 Å². The highest BCUT2D eigenvalue weighted by Crippen LogP contribution is 2.24. The molecule has 3 aromatic heterocycles. The molecule has 0 bridgehead atoms. The molecule has 3 heterocycles. The standard InChI is InChI=1S/C22H22N6O/c1-15-7-8-16(2)19(10-15)18-12-24-27(13-18)14-22(29)25-21-11-17(3)26-28(21)20-6-4-5-9-23-20/h4-13H,14H2,1-3H3,(H,25,29). The van der Waals surface area contributed by atoms with Crippen molar-refractivity contribution in [1.82, 2.24) is 24.5 Å². The van der Waals surface area contributed by atoms with E-state index in [-0.39, 0.29) is 12.5 Å². The third kappa shape index (κ3) is 4.08. The largest absolute Gasteiger partial charge is 0.309 e. The van der Waals surface area contributed by atoms with Crippen molar-refractivity contribution in [2.45, 2.75) is 27.3 Å². The van der Waals surface area contributed by atoms with Crippen LogP contribution >= 0.6 is 0 Å². The van der Waals surface area contributed by atoms with Crippen LogP contribution in [0.5, 0.6) is 0 Å². The van der Waals surface area contributed by atoms with Crippen LogP contribution in [0, 0.1) is 20.8 Å². The lowest BCUT2D eigenvalue weighted by atomic mass is 10.0. The Morgan fingerprint density at radius 1 is 1.10 bits per heavy atom. The fraction of sp³-hybridized carbons (Fsp3) is 0.182. The normalized spacial score (nSPS) is 10.9. The van der Waals surface area contributed by atoms with Gasteiger partial charge in [-0.15, -0.1) is 0 Å². The van der Waals surface area contributed by atoms with Crippen LogP contribution in [0.2, 0.25) is 0 Å². The second-order valence-corrected chi connectivity index (χ2v) is 7.06. The maximum atomic E-state index is 12.6. The summed E-state index contributed by atoms with van der Waals surface area (Å²) in [6.45, 7) is 6.11. The van der Waals surface area contributed by atoms with Crippen molar-refractivity contribution >= 4 is 11.7 Å². The van der Waals surface area contributed by atoms with Crippen molar-refractivity contribution in [3.8, 4) is 16.9 Å². The first-order valence-electron chi connectivity index (χ1n) is 9.37. The number of anilines is 1. The van der Waals surface area contributed by atoms with Gasteiger partial charge in [-0.25, -0.2) is 4.98 Å². The van der Waals surface area contributed by atoms with E-state index in [1.54, 1.807) is 21.8 Å². The Bertz CT molecular complexity index is 1160. The lowest BCUT2D eigenvalue weighted by Gasteiger charge is -2.08. The van der Waals surface area contributed by atoms with E-state index in [1.807, 2.05) is 37.4 Å². The molecule has 4 rings (SSSR count). The summed E-state index contributed by atoms with van der Waals surface area (Å²) in [5, 5.41) is 11.7. The molecule has 0 fully saturated rings. The van der Waals surface area contributed by atoms with Crippen LogP contribution in [0.15, 0.2) is 61.1 Å². The SMILES string of the molecule is Cc1ccc(C)c(-c2cnn(CC(=O)Nc3cc(C)nn3-c3ccccn3)c2)c1. The van der Waals surface area contributed by atoms with Gasteiger partial charge >= 0.3 is 0 Å². The number of amides is 1. The molecule has 29 heavy (non-hydrogen) atoms. The molecule has 4 aromatic rings. The fourth-order valence-corrected chi connectivity index (χ4v) is 3.21. The monoisotopic (exact) mass is 386 g/mol. The van der Waals surface area contributed by atoms with Crippen molar-refractivity contribution in [3.05, 3.63) is 77.9 Å². The van der Waals surface area contributed by atoms with Crippen LogP contribution in [-0.2, 0) is 11.3 Å². The van der Waals surface area contributed by atoms with E-state index in [1.165, 1.54) is 11.1 Å². The number of aromatic nitrogens is 5. The zero-order valence-electron chi connectivity index (χ0n) is 16.6. The minimum absolute atomic E-state index is 0.108. The zero-order valence-corrected chi connectivity index (χ0v) is 16.6. The molecule has 1 N–H and O–H groups in total. The van der Waals surface area contributed by atoms with Gasteiger partial charge in [0, 0.05) is 24.0 Å². The highest BCUT2D eigenvalue weighted by atomic mass is 16.2. The van der Waals surface area contributed by atoms with Gasteiger partial charge in [0.2, 0.25) is 5.91 Å². The first-order chi connectivity index (χ1) is 14.0. The minimum Gasteiger partial charge on any atom is -0.309 e. The van der Waals surface area contributed by atoms with Crippen molar-refractivity contribution in [2.24, 2.45) is 0 Å². The topological polar surface area (TPSA) is 77.6 Å². The molecule has 0 atom stereocenters. The van der Waals surface area contributed by atoms with Crippen LogP contribution in [0.1, 0.15) is 16.8 Å². The molecular weight excluding hydrogens is 364 g/mol. The summed E-state index contributed by atoms with van der Waals surface area (Å²) in [7, 11) is 0. The first kappa shape index (κ1) is 18.6. The number of nitrogens with one attached hydrogen (secondary N) is 1. The number of rotatable bonds is 5. The maximum Gasteiger partial charge on any atom is 0.247 e. The van der Waals surface area contributed by atoms with Crippen LogP contribution in [-0.4, -0.2) is 30.5 Å². The summed E-state index contributed by atoms with van der Waals surface area (Å²) >= 11 is 0. The van der Waals surface area contributed by atoms with Crippen LogP contribution in [0.3, 0.4) is 0 Å². The van der Waals surface area contributed by atoms with Gasteiger partial charge in [0.05, 0.1) is 11.9 Å². The molecule has 1 amide bonds. The van der Waals surface area contributed by atoms with E-state index in [2.05, 4.69) is 52.5 Å². The Balaban J connectivity index is 1.51. The first-order valence-corrected chi connectivity index (χ1v) is 9.37. The van der Waals surface area contributed by atoms with E-state index in [0.717, 1.165) is 16.8 Å². The molecule has 1 aromatic carbocycles. The van der Waals surface area contributed by atoms with E-state index in [0.29, 0.717) is 11.6 Å². The van der Waals surface area contributed by atoms with E-state index in [9.17, 15) is 4.79 Å². The van der Waals surface area contributed by atoms with Crippen LogP contribution in [0.25, 0.3) is 16.9 Å². The van der Waals surface area contributed by atoms with Gasteiger partial charge in [-0.1, -0.05) is 29.8 Å². The van der Waals surface area contributed by atoms with E-state index >= 15 is 0 Å². The Morgan fingerprint density at radius 3 is 2.76 bits per heavy atom. The molecule has 0 saturated heterocycles. The number of aryl methyl sites for hydroxylation is 3. The molecule has 0 aliphatic rings. The van der Waals surface area contributed by atoms with Crippen LogP contribution in [0.4, 0.5) is 5.82 Å². The van der Waals surface area contributed by atoms with Gasteiger partial charge in [-0.2, -0.15) is 14.9 Å². The van der Waals surface area contributed by atoms with Gasteiger partial charge in [-0.3, -0.25) is 9.48 Å². The molecule has 7 heteroatoms. The van der Waals surface area contributed by atoms with Gasteiger partial charge < -0.3 is 5.32 Å². The molecule has 0 radical (unpaired) electrons. The lowest BCUT2D eigenvalue weighted by Crippen LogP contribution is -2.21. The third-order valence-electron chi connectivity index (χ3n) is 4.61. The molecule has 7 nitrogen and oxygen atoms in total. The molecule has 0 saturated carbocycles. The average molecular weight is 386 g/mol. The number of benzene rings is 1. The Hall–Kier alpha value is -3.74. The summed E-state index contributed by atoms with van der Waals surface area (Å²) in [5.74, 6) is 1.04. The minimum atomic E-state index is -0.183. The summed E-state index contributed by atoms with van der Waals surface area (Å²) in [4.78, 5) is 16.9. The van der Waals surface area contributed by atoms with Crippen molar-refractivity contribution in [1.29, 1.82) is 0 Å². The second kappa shape index (κ2) is 7.71. The maximum absolute atomic E-state index is 12.6. The lowest BCUT2D eigenvalue weighted by molar-refractivity contribution is -0.116. The fourth-order valence-electron chi connectivity index (χ4n) is 3.21. The van der Waals surface area contributed by atoms with Crippen molar-refractivity contribution < 1.29 is 4.79 Å². The number of hydrogen-bond donors (Lipinski definition) is 1. The summed E-state index contributed by atoms with van der Waals surface area (Å²) in [6, 6.07) is 13.7. The quantitative estimate of drug-likeness (QED) is 0.567. The van der Waals surface area contributed by atoms with Crippen molar-refractivity contribution in [2.75, 3.05) is 5.32 Å². The van der Waals surface area contributed by atoms with E-state index < -0.39 is 0 Å². The van der Waals surface area contributed by atoms with Gasteiger partial charge in [0.1, 0.15) is 12.4 Å². The predicted molar refractivity (Wildman–Crippen MR) is 112 cm³/mol. The highest BCUT2D eigenvalue weighted by molar-refractivity contribution is 5.90. The average Bonchev–Trinajstić information content (AvgIpc) is 3.30. The Kier molecular flexibility index (Phi) is 4.95. The summed E-state index contributed by atoms with van der Waals surface area (Å²) < 4.78 is 3.26. The summed E-state index contributed by atoms with van der Waals surface area (Å²) in [5.41, 5.74) is 5.28. The van der Waals surface area contributed by atoms with Gasteiger partial charge in [-0.05, 0) is 44.0 Å². The molecule has 146 valence electrons. The molecule has 0 aliphatic heterocycles. The van der Waals surface area contributed by atoms with Crippen molar-refractivity contribution in [3.63, 3.8) is 0 Å². The molecule has 0 unspecified atom stereocenters. The molecular formula is C22H22N6O. The predicted octanol–water partition coefficient (Wildman–Crippen LogP) is 3.69. The number of carbonyl (C=O) groups excluding carboxylic acids is 1. The van der Waals surface area contributed by atoms with Crippen LogP contribution < -0.4 is 5.32 Å². The number of pyridine rings is 1. The highest BCUT2D eigenvalue weighted by Gasteiger charge is 2.13. The number of nitrogens with zero attached hydrogens (tertiary/aromatic N) is 5. The number of carbonyl (C=O) groups is 1.